The molecule has 8 nitrogen and oxygen atoms in total. The molecule has 1 fully saturated rings. The van der Waals surface area contributed by atoms with Crippen LogP contribution >= 0.6 is 0 Å². The molecular weight excluding hydrogens is 240 g/mol. The van der Waals surface area contributed by atoms with Gasteiger partial charge in [-0.25, -0.2) is 4.79 Å². The van der Waals surface area contributed by atoms with Crippen molar-refractivity contribution in [1.82, 2.24) is 15.1 Å². The Morgan fingerprint density at radius 2 is 2.17 bits per heavy atom. The molecule has 0 aliphatic heterocycles. The number of hydrogen-bond donors (Lipinski definition) is 2. The Morgan fingerprint density at radius 3 is 2.67 bits per heavy atom. The first-order valence-electron chi connectivity index (χ1n) is 5.74. The molecule has 0 saturated heterocycles. The molecule has 1 amide bonds. The highest BCUT2D eigenvalue weighted by molar-refractivity contribution is 5.64. The summed E-state index contributed by atoms with van der Waals surface area (Å²) in [6.45, 7) is 0. The Labute approximate surface area is 103 Å². The van der Waals surface area contributed by atoms with E-state index in [9.17, 15) is 14.9 Å². The van der Waals surface area contributed by atoms with Crippen molar-refractivity contribution in [2.45, 2.75) is 37.8 Å². The summed E-state index contributed by atoms with van der Waals surface area (Å²) in [4.78, 5) is 20.6. The second-order valence-corrected chi connectivity index (χ2v) is 4.39. The van der Waals surface area contributed by atoms with Crippen LogP contribution in [-0.4, -0.2) is 31.9 Å². The first-order chi connectivity index (χ1) is 8.56. The molecular formula is C10H14N4O4. The molecule has 1 saturated carbocycles. The van der Waals surface area contributed by atoms with Crippen LogP contribution < -0.4 is 5.32 Å². The van der Waals surface area contributed by atoms with Crippen molar-refractivity contribution in [2.24, 2.45) is 0 Å². The van der Waals surface area contributed by atoms with Crippen molar-refractivity contribution in [3.8, 4) is 0 Å². The van der Waals surface area contributed by atoms with Crippen LogP contribution in [-0.2, 0) is 0 Å². The van der Waals surface area contributed by atoms with Gasteiger partial charge in [0.15, 0.2) is 0 Å². The average molecular weight is 254 g/mol. The van der Waals surface area contributed by atoms with Gasteiger partial charge >= 0.3 is 11.8 Å². The summed E-state index contributed by atoms with van der Waals surface area (Å²) in [6.07, 6.45) is 4.65. The number of nitro groups is 1. The SMILES string of the molecule is O=C(O)NC1CCC(n2cc([N+](=O)[O-])cn2)CC1. The van der Waals surface area contributed by atoms with Crippen molar-refractivity contribution < 1.29 is 14.8 Å². The van der Waals surface area contributed by atoms with E-state index < -0.39 is 11.0 Å². The van der Waals surface area contributed by atoms with E-state index in [4.69, 9.17) is 5.11 Å². The van der Waals surface area contributed by atoms with E-state index in [1.807, 2.05) is 0 Å². The van der Waals surface area contributed by atoms with Crippen LogP contribution in [0.4, 0.5) is 10.5 Å². The predicted molar refractivity (Wildman–Crippen MR) is 61.3 cm³/mol. The van der Waals surface area contributed by atoms with Crippen LogP contribution in [0.5, 0.6) is 0 Å². The van der Waals surface area contributed by atoms with E-state index in [1.54, 1.807) is 4.68 Å². The lowest BCUT2D eigenvalue weighted by molar-refractivity contribution is -0.385. The van der Waals surface area contributed by atoms with Gasteiger partial charge in [0.2, 0.25) is 0 Å². The minimum Gasteiger partial charge on any atom is -0.465 e. The Balaban J connectivity index is 1.92. The summed E-state index contributed by atoms with van der Waals surface area (Å²) in [5.41, 5.74) is -0.0132. The number of hydrogen-bond acceptors (Lipinski definition) is 4. The standard InChI is InChI=1S/C10H14N4O4/c15-10(16)12-7-1-3-8(4-2-7)13-6-9(5-11-13)14(17)18/h5-8,12H,1-4H2,(H,15,16). The third-order valence-corrected chi connectivity index (χ3v) is 3.20. The molecule has 98 valence electrons. The van der Waals surface area contributed by atoms with Gasteiger partial charge < -0.3 is 10.4 Å². The van der Waals surface area contributed by atoms with E-state index >= 15 is 0 Å². The number of nitrogens with one attached hydrogen (secondary N) is 1. The molecule has 0 unspecified atom stereocenters. The zero-order valence-electron chi connectivity index (χ0n) is 9.65. The largest absolute Gasteiger partial charge is 0.465 e. The average Bonchev–Trinajstić information content (AvgIpc) is 2.78. The molecule has 0 radical (unpaired) electrons. The van der Waals surface area contributed by atoms with E-state index in [1.165, 1.54) is 12.4 Å². The topological polar surface area (TPSA) is 110 Å². The van der Waals surface area contributed by atoms with Crippen LogP contribution in [0, 0.1) is 10.1 Å². The second-order valence-electron chi connectivity index (χ2n) is 4.39. The van der Waals surface area contributed by atoms with Gasteiger partial charge in [0.1, 0.15) is 12.4 Å². The number of nitrogens with zero attached hydrogens (tertiary/aromatic N) is 3. The first-order valence-corrected chi connectivity index (χ1v) is 5.74. The number of amides is 1. The summed E-state index contributed by atoms with van der Waals surface area (Å²) in [7, 11) is 0. The fourth-order valence-electron chi connectivity index (χ4n) is 2.28. The summed E-state index contributed by atoms with van der Waals surface area (Å²) in [5, 5.41) is 25.6. The molecule has 0 bridgehead atoms. The molecule has 1 aliphatic rings. The fraction of sp³-hybridized carbons (Fsp3) is 0.600. The van der Waals surface area contributed by atoms with Crippen LogP contribution in [0.1, 0.15) is 31.7 Å². The molecule has 18 heavy (non-hydrogen) atoms. The number of aromatic nitrogens is 2. The van der Waals surface area contributed by atoms with E-state index in [2.05, 4.69) is 10.4 Å². The highest BCUT2D eigenvalue weighted by Crippen LogP contribution is 2.28. The summed E-state index contributed by atoms with van der Waals surface area (Å²) >= 11 is 0. The van der Waals surface area contributed by atoms with Gasteiger partial charge in [0, 0.05) is 6.04 Å². The van der Waals surface area contributed by atoms with E-state index in [0.717, 1.165) is 25.7 Å². The van der Waals surface area contributed by atoms with Crippen molar-refractivity contribution in [3.05, 3.63) is 22.5 Å². The summed E-state index contributed by atoms with van der Waals surface area (Å²) < 4.78 is 1.61. The quantitative estimate of drug-likeness (QED) is 0.628. The fourth-order valence-corrected chi connectivity index (χ4v) is 2.28. The molecule has 1 aliphatic carbocycles. The van der Waals surface area contributed by atoms with E-state index in [0.29, 0.717) is 0 Å². The maximum absolute atomic E-state index is 10.5. The zero-order valence-corrected chi connectivity index (χ0v) is 9.65. The number of carboxylic acid groups (broad SMARTS) is 1. The minimum atomic E-state index is -1.01. The third-order valence-electron chi connectivity index (χ3n) is 3.20. The lowest BCUT2D eigenvalue weighted by Crippen LogP contribution is -2.37. The van der Waals surface area contributed by atoms with Crippen LogP contribution in [0.2, 0.25) is 0 Å². The second kappa shape index (κ2) is 5.03. The van der Waals surface area contributed by atoms with Crippen LogP contribution in [0.25, 0.3) is 0 Å². The van der Waals surface area contributed by atoms with Crippen LogP contribution in [0.3, 0.4) is 0 Å². The van der Waals surface area contributed by atoms with Crippen molar-refractivity contribution in [3.63, 3.8) is 0 Å². The molecule has 2 rings (SSSR count). The van der Waals surface area contributed by atoms with Gasteiger partial charge in [-0.15, -0.1) is 0 Å². The maximum atomic E-state index is 10.5. The summed E-state index contributed by atoms with van der Waals surface area (Å²) in [6, 6.07) is 0.0924. The zero-order chi connectivity index (χ0) is 13.1. The van der Waals surface area contributed by atoms with Gasteiger partial charge in [-0.2, -0.15) is 5.10 Å². The van der Waals surface area contributed by atoms with Gasteiger partial charge in [-0.1, -0.05) is 0 Å². The molecule has 1 aromatic heterocycles. The molecule has 1 heterocycles. The first kappa shape index (κ1) is 12.3. The van der Waals surface area contributed by atoms with Crippen LogP contribution in [0.15, 0.2) is 12.4 Å². The van der Waals surface area contributed by atoms with E-state index in [-0.39, 0.29) is 17.8 Å². The lowest BCUT2D eigenvalue weighted by atomic mass is 9.91. The number of carbonyl (C=O) groups is 1. The lowest BCUT2D eigenvalue weighted by Gasteiger charge is -2.28. The Bertz CT molecular complexity index is 450. The molecule has 0 atom stereocenters. The molecule has 1 aromatic rings. The molecule has 0 aromatic carbocycles. The third kappa shape index (κ3) is 2.76. The maximum Gasteiger partial charge on any atom is 0.404 e. The molecule has 0 spiro atoms. The highest BCUT2D eigenvalue weighted by atomic mass is 16.6. The molecule has 2 N–H and O–H groups in total. The van der Waals surface area contributed by atoms with Gasteiger partial charge in [-0.3, -0.25) is 14.8 Å². The van der Waals surface area contributed by atoms with Crippen molar-refractivity contribution >= 4 is 11.8 Å². The van der Waals surface area contributed by atoms with Gasteiger partial charge in [0.25, 0.3) is 0 Å². The normalized spacial score (nSPS) is 23.6. The Kier molecular flexibility index (Phi) is 3.45. The van der Waals surface area contributed by atoms with Crippen molar-refractivity contribution in [1.29, 1.82) is 0 Å². The number of rotatable bonds is 3. The van der Waals surface area contributed by atoms with Gasteiger partial charge in [-0.05, 0) is 25.7 Å². The highest BCUT2D eigenvalue weighted by Gasteiger charge is 2.24. The minimum absolute atomic E-state index is 0.0132. The summed E-state index contributed by atoms with van der Waals surface area (Å²) in [5.74, 6) is 0. The molecule has 8 heteroatoms. The Morgan fingerprint density at radius 1 is 1.50 bits per heavy atom. The van der Waals surface area contributed by atoms with Gasteiger partial charge in [0.05, 0.1) is 11.0 Å². The Hall–Kier alpha value is -2.12. The van der Waals surface area contributed by atoms with Crippen molar-refractivity contribution in [2.75, 3.05) is 0 Å². The smallest absolute Gasteiger partial charge is 0.404 e. The predicted octanol–water partition coefficient (Wildman–Crippen LogP) is 1.54. The monoisotopic (exact) mass is 254 g/mol.